The molecule has 1 N–H and O–H groups in total. The lowest BCUT2D eigenvalue weighted by Gasteiger charge is -2.36. The van der Waals surface area contributed by atoms with Crippen molar-refractivity contribution in [2.24, 2.45) is 0 Å². The Kier molecular flexibility index (Phi) is 5.97. The minimum Gasteiger partial charge on any atom is -0.388 e. The molecule has 1 saturated heterocycles. The Morgan fingerprint density at radius 1 is 1.43 bits per heavy atom. The van der Waals surface area contributed by atoms with E-state index in [1.807, 2.05) is 31.2 Å². The van der Waals surface area contributed by atoms with E-state index in [0.717, 1.165) is 36.6 Å². The molecular formula is C16H22ClNO2S. The molecule has 116 valence electrons. The molecular weight excluding hydrogens is 306 g/mol. The molecule has 0 radical (unpaired) electrons. The number of nitrogens with zero attached hydrogens (tertiary/aromatic N) is 1. The lowest BCUT2D eigenvalue weighted by molar-refractivity contribution is -0.137. The first-order chi connectivity index (χ1) is 9.96. The van der Waals surface area contributed by atoms with Crippen LogP contribution in [0.15, 0.2) is 29.2 Å². The number of aliphatic hydroxyl groups is 1. The summed E-state index contributed by atoms with van der Waals surface area (Å²) in [6.07, 6.45) is 3.07. The number of hydrogen-bond donors (Lipinski definition) is 1. The predicted molar refractivity (Wildman–Crippen MR) is 87.8 cm³/mol. The van der Waals surface area contributed by atoms with E-state index in [9.17, 15) is 9.90 Å². The Labute approximate surface area is 135 Å². The van der Waals surface area contributed by atoms with Crippen molar-refractivity contribution < 1.29 is 9.90 Å². The minimum atomic E-state index is -0.716. The molecule has 1 heterocycles. The fraction of sp³-hybridized carbons (Fsp3) is 0.562. The lowest BCUT2D eigenvalue weighted by atomic mass is 9.95. The zero-order chi connectivity index (χ0) is 15.3. The van der Waals surface area contributed by atoms with Gasteiger partial charge in [-0.05, 0) is 56.2 Å². The van der Waals surface area contributed by atoms with Crippen LogP contribution >= 0.6 is 23.4 Å². The second kappa shape index (κ2) is 7.52. The van der Waals surface area contributed by atoms with E-state index < -0.39 is 5.60 Å². The molecule has 1 aromatic carbocycles. The number of carbonyl (C=O) groups excluding carboxylic acids is 1. The SMILES string of the molecule is CC1(O)CCCN(C(=O)CCCSc2ccc(Cl)cc2)C1. The number of rotatable bonds is 5. The number of benzene rings is 1. The summed E-state index contributed by atoms with van der Waals surface area (Å²) in [5.74, 6) is 1.07. The molecule has 1 aromatic rings. The highest BCUT2D eigenvalue weighted by Crippen LogP contribution is 2.23. The molecule has 2 rings (SSSR count). The van der Waals surface area contributed by atoms with Gasteiger partial charge in [-0.15, -0.1) is 11.8 Å². The monoisotopic (exact) mass is 327 g/mol. The van der Waals surface area contributed by atoms with Crippen LogP contribution in [-0.4, -0.2) is 40.4 Å². The van der Waals surface area contributed by atoms with Crippen LogP contribution in [0.4, 0.5) is 0 Å². The molecule has 0 bridgehead atoms. The van der Waals surface area contributed by atoms with Crippen molar-refractivity contribution >= 4 is 29.3 Å². The van der Waals surface area contributed by atoms with Crippen LogP contribution in [0.5, 0.6) is 0 Å². The summed E-state index contributed by atoms with van der Waals surface area (Å²) < 4.78 is 0. The van der Waals surface area contributed by atoms with Crippen molar-refractivity contribution in [2.75, 3.05) is 18.8 Å². The maximum absolute atomic E-state index is 12.1. The number of β-amino-alcohol motifs (C(OH)–C–C–N with tert-alkyl or cyclic N) is 1. The maximum atomic E-state index is 12.1. The van der Waals surface area contributed by atoms with Gasteiger partial charge < -0.3 is 10.0 Å². The fourth-order valence-electron chi connectivity index (χ4n) is 2.54. The van der Waals surface area contributed by atoms with Crippen molar-refractivity contribution in [1.82, 2.24) is 4.90 Å². The van der Waals surface area contributed by atoms with Crippen molar-refractivity contribution in [3.63, 3.8) is 0 Å². The number of carbonyl (C=O) groups is 1. The third-order valence-corrected chi connectivity index (χ3v) is 5.00. The summed E-state index contributed by atoms with van der Waals surface area (Å²) in [7, 11) is 0. The molecule has 0 saturated carbocycles. The third-order valence-electron chi connectivity index (χ3n) is 3.64. The van der Waals surface area contributed by atoms with Crippen LogP contribution in [0.3, 0.4) is 0 Å². The van der Waals surface area contributed by atoms with Crippen molar-refractivity contribution in [2.45, 2.75) is 43.1 Å². The number of likely N-dealkylation sites (tertiary alicyclic amines) is 1. The molecule has 0 aliphatic carbocycles. The normalized spacial score (nSPS) is 22.3. The van der Waals surface area contributed by atoms with Crippen molar-refractivity contribution in [3.8, 4) is 0 Å². The number of hydrogen-bond acceptors (Lipinski definition) is 3. The standard InChI is InChI=1S/C16H22ClNO2S/c1-16(20)9-3-10-18(12-16)15(19)4-2-11-21-14-7-5-13(17)6-8-14/h5-8,20H,2-4,9-12H2,1H3. The Balaban J connectivity index is 1.68. The van der Waals surface area contributed by atoms with E-state index in [4.69, 9.17) is 11.6 Å². The summed E-state index contributed by atoms with van der Waals surface area (Å²) >= 11 is 7.58. The Morgan fingerprint density at radius 3 is 2.81 bits per heavy atom. The molecule has 3 nitrogen and oxygen atoms in total. The summed E-state index contributed by atoms with van der Waals surface area (Å²) in [4.78, 5) is 15.1. The number of thioether (sulfide) groups is 1. The number of piperidine rings is 1. The minimum absolute atomic E-state index is 0.159. The highest BCUT2D eigenvalue weighted by Gasteiger charge is 2.30. The first-order valence-corrected chi connectivity index (χ1v) is 8.71. The summed E-state index contributed by atoms with van der Waals surface area (Å²) in [6.45, 7) is 3.05. The van der Waals surface area contributed by atoms with Gasteiger partial charge in [-0.2, -0.15) is 0 Å². The van der Waals surface area contributed by atoms with Crippen molar-refractivity contribution in [1.29, 1.82) is 0 Å². The zero-order valence-electron chi connectivity index (χ0n) is 12.3. The summed E-state index contributed by atoms with van der Waals surface area (Å²) in [5.41, 5.74) is -0.716. The topological polar surface area (TPSA) is 40.5 Å². The Hall–Kier alpha value is -0.710. The first-order valence-electron chi connectivity index (χ1n) is 7.35. The van der Waals surface area contributed by atoms with Crippen LogP contribution in [0, 0.1) is 0 Å². The number of halogens is 1. The Morgan fingerprint density at radius 2 is 2.14 bits per heavy atom. The van der Waals surface area contributed by atoms with Crippen molar-refractivity contribution in [3.05, 3.63) is 29.3 Å². The van der Waals surface area contributed by atoms with Crippen LogP contribution in [0.25, 0.3) is 0 Å². The molecule has 1 fully saturated rings. The molecule has 1 atom stereocenters. The molecule has 0 aromatic heterocycles. The van der Waals surface area contributed by atoms with Crippen LogP contribution in [0.1, 0.15) is 32.6 Å². The molecule has 1 amide bonds. The molecule has 0 spiro atoms. The van der Waals surface area contributed by atoms with E-state index >= 15 is 0 Å². The first kappa shape index (κ1) is 16.7. The number of amides is 1. The van der Waals surface area contributed by atoms with Crippen LogP contribution in [-0.2, 0) is 4.79 Å². The lowest BCUT2D eigenvalue weighted by Crippen LogP contribution is -2.48. The molecule has 5 heteroatoms. The van der Waals surface area contributed by atoms with E-state index in [0.29, 0.717) is 13.0 Å². The van der Waals surface area contributed by atoms with Gasteiger partial charge in [-0.25, -0.2) is 0 Å². The zero-order valence-corrected chi connectivity index (χ0v) is 13.9. The third kappa shape index (κ3) is 5.53. The fourth-order valence-corrected chi connectivity index (χ4v) is 3.51. The van der Waals surface area contributed by atoms with Gasteiger partial charge in [0.25, 0.3) is 0 Å². The van der Waals surface area contributed by atoms with E-state index in [1.165, 1.54) is 4.90 Å². The average molecular weight is 328 g/mol. The van der Waals surface area contributed by atoms with Crippen LogP contribution < -0.4 is 0 Å². The molecule has 1 unspecified atom stereocenters. The maximum Gasteiger partial charge on any atom is 0.222 e. The van der Waals surface area contributed by atoms with Gasteiger partial charge in [-0.3, -0.25) is 4.79 Å². The summed E-state index contributed by atoms with van der Waals surface area (Å²) in [6, 6.07) is 7.75. The van der Waals surface area contributed by atoms with Gasteiger partial charge in [0.1, 0.15) is 0 Å². The summed E-state index contributed by atoms with van der Waals surface area (Å²) in [5, 5.41) is 10.8. The van der Waals surface area contributed by atoms with Gasteiger partial charge in [0, 0.05) is 29.4 Å². The highest BCUT2D eigenvalue weighted by atomic mass is 35.5. The predicted octanol–water partition coefficient (Wildman–Crippen LogP) is 3.59. The molecule has 1 aliphatic heterocycles. The highest BCUT2D eigenvalue weighted by molar-refractivity contribution is 7.99. The Bertz CT molecular complexity index is 476. The van der Waals surface area contributed by atoms with E-state index in [-0.39, 0.29) is 5.91 Å². The van der Waals surface area contributed by atoms with Gasteiger partial charge in [-0.1, -0.05) is 11.6 Å². The van der Waals surface area contributed by atoms with Gasteiger partial charge in [0.15, 0.2) is 0 Å². The quantitative estimate of drug-likeness (QED) is 0.663. The second-order valence-corrected chi connectivity index (χ2v) is 7.43. The van der Waals surface area contributed by atoms with Gasteiger partial charge in [0.2, 0.25) is 5.91 Å². The second-order valence-electron chi connectivity index (χ2n) is 5.82. The van der Waals surface area contributed by atoms with Crippen LogP contribution in [0.2, 0.25) is 5.02 Å². The van der Waals surface area contributed by atoms with E-state index in [1.54, 1.807) is 16.7 Å². The van der Waals surface area contributed by atoms with Gasteiger partial charge >= 0.3 is 0 Å². The largest absolute Gasteiger partial charge is 0.388 e. The average Bonchev–Trinajstić information content (AvgIpc) is 2.44. The van der Waals surface area contributed by atoms with Gasteiger partial charge in [0.05, 0.1) is 5.60 Å². The molecule has 21 heavy (non-hydrogen) atoms. The molecule has 1 aliphatic rings. The van der Waals surface area contributed by atoms with E-state index in [2.05, 4.69) is 0 Å². The smallest absolute Gasteiger partial charge is 0.222 e.